The van der Waals surface area contributed by atoms with Gasteiger partial charge in [0.1, 0.15) is 5.75 Å². The highest BCUT2D eigenvalue weighted by molar-refractivity contribution is 6.17. The Morgan fingerprint density at radius 1 is 1.41 bits per heavy atom. The van der Waals surface area contributed by atoms with Crippen LogP contribution in [0.5, 0.6) is 5.75 Å². The molecule has 1 aromatic rings. The predicted octanol–water partition coefficient (Wildman–Crippen LogP) is 2.92. The zero-order chi connectivity index (χ0) is 12.5. The third-order valence-electron chi connectivity index (χ3n) is 3.03. The number of amides is 1. The number of hydrogen-bond donors (Lipinski definition) is 1. The summed E-state index contributed by atoms with van der Waals surface area (Å²) in [6, 6.07) is 5.72. The van der Waals surface area contributed by atoms with E-state index in [2.05, 4.69) is 5.32 Å². The third-order valence-corrected chi connectivity index (χ3v) is 3.29. The van der Waals surface area contributed by atoms with E-state index in [-0.39, 0.29) is 5.91 Å². The van der Waals surface area contributed by atoms with Crippen LogP contribution in [-0.4, -0.2) is 18.4 Å². The zero-order valence-electron chi connectivity index (χ0n) is 10.0. The number of benzene rings is 1. The number of carbonyl (C=O) groups is 1. The van der Waals surface area contributed by atoms with Gasteiger partial charge in [-0.05, 0) is 31.9 Å². The van der Waals surface area contributed by atoms with E-state index in [4.69, 9.17) is 16.3 Å². The summed E-state index contributed by atoms with van der Waals surface area (Å²) >= 11 is 5.58. The third kappa shape index (κ3) is 2.25. The lowest BCUT2D eigenvalue weighted by Crippen LogP contribution is -2.26. The molecule has 0 saturated carbocycles. The van der Waals surface area contributed by atoms with Crippen molar-refractivity contribution >= 4 is 23.2 Å². The quantitative estimate of drug-likeness (QED) is 0.662. The molecule has 0 bridgehead atoms. The van der Waals surface area contributed by atoms with Crippen molar-refractivity contribution in [3.63, 3.8) is 0 Å². The van der Waals surface area contributed by atoms with Crippen molar-refractivity contribution in [2.45, 2.75) is 25.7 Å². The molecule has 17 heavy (non-hydrogen) atoms. The van der Waals surface area contributed by atoms with Crippen molar-refractivity contribution in [2.75, 3.05) is 17.8 Å². The van der Waals surface area contributed by atoms with Gasteiger partial charge in [-0.1, -0.05) is 6.07 Å². The average Bonchev–Trinajstić information content (AvgIpc) is 2.50. The van der Waals surface area contributed by atoms with Crippen molar-refractivity contribution in [3.05, 3.63) is 23.8 Å². The normalized spacial score (nSPS) is 16.5. The minimum absolute atomic E-state index is 0.0328. The maximum atomic E-state index is 11.8. The summed E-state index contributed by atoms with van der Waals surface area (Å²) in [5.41, 5.74) is 1.42. The molecule has 0 aromatic heterocycles. The van der Waals surface area contributed by atoms with Crippen LogP contribution in [0.1, 0.15) is 25.8 Å². The van der Waals surface area contributed by atoms with Gasteiger partial charge in [-0.25, -0.2) is 0 Å². The largest absolute Gasteiger partial charge is 0.493 e. The number of halogens is 1. The Labute approximate surface area is 106 Å². The van der Waals surface area contributed by atoms with Gasteiger partial charge in [0.2, 0.25) is 5.91 Å². The van der Waals surface area contributed by atoms with Crippen molar-refractivity contribution in [1.29, 1.82) is 0 Å². The zero-order valence-corrected chi connectivity index (χ0v) is 10.8. The second kappa shape index (κ2) is 4.57. The SMILES string of the molecule is CC1(C)C(=O)Nc2cc(OCCCCl)ccc21. The summed E-state index contributed by atoms with van der Waals surface area (Å²) in [5, 5.41) is 2.87. The molecule has 2 rings (SSSR count). The number of anilines is 1. The summed E-state index contributed by atoms with van der Waals surface area (Å²) in [7, 11) is 0. The minimum Gasteiger partial charge on any atom is -0.493 e. The molecule has 3 nitrogen and oxygen atoms in total. The summed E-state index contributed by atoms with van der Waals surface area (Å²) in [4.78, 5) is 11.8. The Bertz CT molecular complexity index is 443. The van der Waals surface area contributed by atoms with E-state index in [1.165, 1.54) is 0 Å². The van der Waals surface area contributed by atoms with Gasteiger partial charge in [0.05, 0.1) is 12.0 Å². The van der Waals surface area contributed by atoms with Crippen molar-refractivity contribution in [2.24, 2.45) is 0 Å². The molecule has 1 aliphatic heterocycles. The maximum Gasteiger partial charge on any atom is 0.234 e. The number of ether oxygens (including phenoxy) is 1. The van der Waals surface area contributed by atoms with Crippen LogP contribution >= 0.6 is 11.6 Å². The van der Waals surface area contributed by atoms with Crippen LogP contribution in [-0.2, 0) is 10.2 Å². The van der Waals surface area contributed by atoms with Crippen molar-refractivity contribution in [1.82, 2.24) is 0 Å². The molecule has 0 atom stereocenters. The second-order valence-corrected chi connectivity index (χ2v) is 5.06. The van der Waals surface area contributed by atoms with Crippen LogP contribution in [0.15, 0.2) is 18.2 Å². The smallest absolute Gasteiger partial charge is 0.234 e. The van der Waals surface area contributed by atoms with E-state index in [0.717, 1.165) is 23.4 Å². The number of hydrogen-bond acceptors (Lipinski definition) is 2. The molecule has 4 heteroatoms. The lowest BCUT2D eigenvalue weighted by atomic mass is 9.86. The van der Waals surface area contributed by atoms with E-state index in [9.17, 15) is 4.79 Å². The first-order valence-electron chi connectivity index (χ1n) is 5.70. The number of carbonyl (C=O) groups excluding carboxylic acids is 1. The molecular formula is C13H16ClNO2. The fourth-order valence-electron chi connectivity index (χ4n) is 1.91. The van der Waals surface area contributed by atoms with Gasteiger partial charge in [0.25, 0.3) is 0 Å². The average molecular weight is 254 g/mol. The Kier molecular flexibility index (Phi) is 3.29. The van der Waals surface area contributed by atoms with Crippen LogP contribution in [0.3, 0.4) is 0 Å². The Balaban J connectivity index is 2.17. The van der Waals surface area contributed by atoms with Crippen molar-refractivity contribution in [3.8, 4) is 5.75 Å². The summed E-state index contributed by atoms with van der Waals surface area (Å²) in [6.45, 7) is 4.43. The molecule has 92 valence electrons. The van der Waals surface area contributed by atoms with Gasteiger partial charge in [-0.3, -0.25) is 4.79 Å². The van der Waals surface area contributed by atoms with Gasteiger partial charge in [0, 0.05) is 17.6 Å². The highest BCUT2D eigenvalue weighted by Crippen LogP contribution is 2.38. The molecule has 1 amide bonds. The van der Waals surface area contributed by atoms with Crippen molar-refractivity contribution < 1.29 is 9.53 Å². The van der Waals surface area contributed by atoms with Crippen LogP contribution in [0, 0.1) is 0 Å². The first-order chi connectivity index (χ1) is 8.05. The molecule has 0 fully saturated rings. The van der Waals surface area contributed by atoms with Crippen LogP contribution < -0.4 is 10.1 Å². The van der Waals surface area contributed by atoms with Crippen LogP contribution in [0.25, 0.3) is 0 Å². The predicted molar refractivity (Wildman–Crippen MR) is 68.9 cm³/mol. The lowest BCUT2D eigenvalue weighted by molar-refractivity contribution is -0.119. The second-order valence-electron chi connectivity index (χ2n) is 4.68. The molecule has 1 heterocycles. The molecule has 0 aliphatic carbocycles. The fourth-order valence-corrected chi connectivity index (χ4v) is 2.02. The fraction of sp³-hybridized carbons (Fsp3) is 0.462. The molecule has 0 unspecified atom stereocenters. The highest BCUT2D eigenvalue weighted by atomic mass is 35.5. The topological polar surface area (TPSA) is 38.3 Å². The Morgan fingerprint density at radius 3 is 2.88 bits per heavy atom. The molecular weight excluding hydrogens is 238 g/mol. The first-order valence-corrected chi connectivity index (χ1v) is 6.24. The van der Waals surface area contributed by atoms with E-state index in [1.54, 1.807) is 0 Å². The molecule has 0 spiro atoms. The number of alkyl halides is 1. The highest BCUT2D eigenvalue weighted by Gasteiger charge is 2.38. The van der Waals surface area contributed by atoms with E-state index in [0.29, 0.717) is 12.5 Å². The number of nitrogens with one attached hydrogen (secondary N) is 1. The van der Waals surface area contributed by atoms with Gasteiger partial charge in [-0.2, -0.15) is 0 Å². The summed E-state index contributed by atoms with van der Waals surface area (Å²) < 4.78 is 5.54. The van der Waals surface area contributed by atoms with Gasteiger partial charge in [0.15, 0.2) is 0 Å². The Morgan fingerprint density at radius 2 is 2.18 bits per heavy atom. The monoisotopic (exact) mass is 253 g/mol. The van der Waals surface area contributed by atoms with Gasteiger partial charge >= 0.3 is 0 Å². The van der Waals surface area contributed by atoms with Gasteiger partial charge in [-0.15, -0.1) is 11.6 Å². The number of fused-ring (bicyclic) bond motifs is 1. The standard InChI is InChI=1S/C13H16ClNO2/c1-13(2)10-5-4-9(17-7-3-6-14)8-11(10)15-12(13)16/h4-5,8H,3,6-7H2,1-2H3,(H,15,16). The molecule has 1 aliphatic rings. The Hall–Kier alpha value is -1.22. The summed E-state index contributed by atoms with van der Waals surface area (Å²) in [5.74, 6) is 1.40. The molecule has 0 radical (unpaired) electrons. The first kappa shape index (κ1) is 12.2. The molecule has 0 saturated heterocycles. The summed E-state index contributed by atoms with van der Waals surface area (Å²) in [6.07, 6.45) is 0.816. The van der Waals surface area contributed by atoms with Gasteiger partial charge < -0.3 is 10.1 Å². The molecule has 1 aromatic carbocycles. The lowest BCUT2D eigenvalue weighted by Gasteiger charge is -2.15. The minimum atomic E-state index is -0.454. The van der Waals surface area contributed by atoms with E-state index in [1.807, 2.05) is 32.0 Å². The van der Waals surface area contributed by atoms with Crippen LogP contribution in [0.2, 0.25) is 0 Å². The molecule has 1 N–H and O–H groups in total. The van der Waals surface area contributed by atoms with E-state index < -0.39 is 5.41 Å². The van der Waals surface area contributed by atoms with E-state index >= 15 is 0 Å². The number of rotatable bonds is 4. The van der Waals surface area contributed by atoms with Crippen LogP contribution in [0.4, 0.5) is 5.69 Å². The maximum absolute atomic E-state index is 11.8.